The van der Waals surface area contributed by atoms with E-state index in [-0.39, 0.29) is 24.6 Å². The summed E-state index contributed by atoms with van der Waals surface area (Å²) in [5.74, 6) is -1.60. The monoisotopic (exact) mass is 430 g/mol. The van der Waals surface area contributed by atoms with Crippen molar-refractivity contribution in [3.8, 4) is 11.5 Å². The van der Waals surface area contributed by atoms with Gasteiger partial charge in [0.05, 0.1) is 12.0 Å². The Morgan fingerprint density at radius 2 is 1.59 bits per heavy atom. The number of carbonyl (C=O) groups is 1. The summed E-state index contributed by atoms with van der Waals surface area (Å²) in [6.07, 6.45) is -13.0. The van der Waals surface area contributed by atoms with E-state index in [0.717, 1.165) is 24.3 Å². The van der Waals surface area contributed by atoms with Crippen LogP contribution >= 0.6 is 0 Å². The van der Waals surface area contributed by atoms with Crippen molar-refractivity contribution in [2.75, 3.05) is 13.9 Å². The second-order valence-electron chi connectivity index (χ2n) is 6.51. The molecule has 1 atom stereocenters. The van der Waals surface area contributed by atoms with Crippen LogP contribution in [0.15, 0.2) is 24.3 Å². The van der Waals surface area contributed by atoms with Gasteiger partial charge in [-0.15, -0.1) is 0 Å². The molecule has 1 aromatic carbocycles. The second kappa shape index (κ2) is 9.66. The Morgan fingerprint density at radius 1 is 1.03 bits per heavy atom. The van der Waals surface area contributed by atoms with E-state index in [1.165, 1.54) is 7.11 Å². The van der Waals surface area contributed by atoms with Crippen molar-refractivity contribution >= 4 is 5.97 Å². The summed E-state index contributed by atoms with van der Waals surface area (Å²) in [5, 5.41) is 0. The lowest BCUT2D eigenvalue weighted by Crippen LogP contribution is -2.45. The predicted molar refractivity (Wildman–Crippen MR) is 87.3 cm³/mol. The van der Waals surface area contributed by atoms with Crippen LogP contribution in [-0.4, -0.2) is 44.4 Å². The molecular weight excluding hydrogens is 410 g/mol. The van der Waals surface area contributed by atoms with Crippen molar-refractivity contribution < 1.29 is 50.1 Å². The van der Waals surface area contributed by atoms with Crippen molar-refractivity contribution in [3.05, 3.63) is 24.3 Å². The SMILES string of the molecule is COCOC1CCC(C(=O)Oc2ccc(OC(F)(F)C(F)C(F)(F)F)cc2)CC1. The number of ether oxygens (including phenoxy) is 4. The van der Waals surface area contributed by atoms with Crippen molar-refractivity contribution in [1.29, 1.82) is 0 Å². The fraction of sp³-hybridized carbons (Fsp3) is 0.611. The Bertz CT molecular complexity index is 656. The number of esters is 1. The van der Waals surface area contributed by atoms with E-state index in [9.17, 15) is 31.1 Å². The van der Waals surface area contributed by atoms with Gasteiger partial charge >= 0.3 is 18.3 Å². The maximum absolute atomic E-state index is 13.2. The first-order valence-electron chi connectivity index (χ1n) is 8.73. The molecule has 164 valence electrons. The third kappa shape index (κ3) is 6.77. The van der Waals surface area contributed by atoms with Gasteiger partial charge in [-0.25, -0.2) is 4.39 Å². The summed E-state index contributed by atoms with van der Waals surface area (Å²) < 4.78 is 94.9. The van der Waals surface area contributed by atoms with Crippen LogP contribution in [0.2, 0.25) is 0 Å². The molecule has 0 bridgehead atoms. The molecule has 0 heterocycles. The molecule has 1 aliphatic rings. The zero-order chi connectivity index (χ0) is 21.7. The fourth-order valence-electron chi connectivity index (χ4n) is 2.80. The van der Waals surface area contributed by atoms with Crippen LogP contribution in [0.1, 0.15) is 25.7 Å². The highest BCUT2D eigenvalue weighted by Crippen LogP contribution is 2.37. The van der Waals surface area contributed by atoms with Crippen LogP contribution in [0.3, 0.4) is 0 Å². The molecule has 2 rings (SSSR count). The molecule has 11 heteroatoms. The summed E-state index contributed by atoms with van der Waals surface area (Å²) in [4.78, 5) is 12.2. The molecule has 1 unspecified atom stereocenters. The second-order valence-corrected chi connectivity index (χ2v) is 6.51. The quantitative estimate of drug-likeness (QED) is 0.260. The molecule has 0 aromatic heterocycles. The van der Waals surface area contributed by atoms with Crippen LogP contribution in [0.25, 0.3) is 0 Å². The fourth-order valence-corrected chi connectivity index (χ4v) is 2.80. The minimum Gasteiger partial charge on any atom is -0.430 e. The van der Waals surface area contributed by atoms with Gasteiger partial charge in [0.2, 0.25) is 0 Å². The molecule has 0 N–H and O–H groups in total. The Kier molecular flexibility index (Phi) is 7.75. The highest BCUT2D eigenvalue weighted by atomic mass is 19.4. The number of hydrogen-bond acceptors (Lipinski definition) is 5. The zero-order valence-corrected chi connectivity index (χ0v) is 15.4. The highest BCUT2D eigenvalue weighted by molar-refractivity contribution is 5.75. The largest absolute Gasteiger partial charge is 0.439 e. The molecule has 29 heavy (non-hydrogen) atoms. The van der Waals surface area contributed by atoms with Gasteiger partial charge in [0, 0.05) is 7.11 Å². The average molecular weight is 430 g/mol. The first kappa shape index (κ1) is 23.3. The molecule has 0 aliphatic heterocycles. The van der Waals surface area contributed by atoms with Crippen LogP contribution < -0.4 is 9.47 Å². The molecule has 0 radical (unpaired) electrons. The van der Waals surface area contributed by atoms with Gasteiger partial charge in [0.1, 0.15) is 18.3 Å². The molecule has 1 aliphatic carbocycles. The van der Waals surface area contributed by atoms with E-state index in [4.69, 9.17) is 14.2 Å². The van der Waals surface area contributed by atoms with Crippen LogP contribution in [0, 0.1) is 5.92 Å². The van der Waals surface area contributed by atoms with Crippen LogP contribution in [0.5, 0.6) is 11.5 Å². The van der Waals surface area contributed by atoms with Crippen LogP contribution in [0.4, 0.5) is 26.3 Å². The lowest BCUT2D eigenvalue weighted by molar-refractivity contribution is -0.305. The molecule has 1 aromatic rings. The lowest BCUT2D eigenvalue weighted by Gasteiger charge is -2.27. The van der Waals surface area contributed by atoms with Gasteiger partial charge in [-0.1, -0.05) is 0 Å². The normalized spacial score (nSPS) is 21.5. The van der Waals surface area contributed by atoms with Crippen molar-refractivity contribution in [1.82, 2.24) is 0 Å². The van der Waals surface area contributed by atoms with Crippen molar-refractivity contribution in [3.63, 3.8) is 0 Å². The maximum atomic E-state index is 13.2. The van der Waals surface area contributed by atoms with Crippen molar-refractivity contribution in [2.45, 2.75) is 50.2 Å². The summed E-state index contributed by atoms with van der Waals surface area (Å²) >= 11 is 0. The predicted octanol–water partition coefficient (Wildman–Crippen LogP) is 4.64. The number of hydrogen-bond donors (Lipinski definition) is 0. The van der Waals surface area contributed by atoms with E-state index in [1.54, 1.807) is 0 Å². The summed E-state index contributed by atoms with van der Waals surface area (Å²) in [6.45, 7) is 0.166. The van der Waals surface area contributed by atoms with Crippen LogP contribution in [-0.2, 0) is 14.3 Å². The van der Waals surface area contributed by atoms with E-state index in [1.807, 2.05) is 0 Å². The summed E-state index contributed by atoms with van der Waals surface area (Å²) in [5.41, 5.74) is 0. The van der Waals surface area contributed by atoms with E-state index >= 15 is 0 Å². The first-order valence-corrected chi connectivity index (χ1v) is 8.73. The maximum Gasteiger partial charge on any atom is 0.439 e. The average Bonchev–Trinajstić information content (AvgIpc) is 2.66. The Labute approximate surface area is 162 Å². The topological polar surface area (TPSA) is 54.0 Å². The standard InChI is InChI=1S/C18H20F6O5/c1-26-10-27-12-4-2-11(3-5-12)15(25)28-13-6-8-14(9-7-13)29-18(23,24)16(19)17(20,21)22/h6-9,11-12,16H,2-5,10H2,1H3. The van der Waals surface area contributed by atoms with Gasteiger partial charge in [-0.2, -0.15) is 22.0 Å². The van der Waals surface area contributed by atoms with Gasteiger partial charge in [0.15, 0.2) is 0 Å². The highest BCUT2D eigenvalue weighted by Gasteiger charge is 2.59. The zero-order valence-electron chi connectivity index (χ0n) is 15.4. The van der Waals surface area contributed by atoms with Gasteiger partial charge < -0.3 is 18.9 Å². The minimum absolute atomic E-state index is 0.00366. The number of rotatable bonds is 8. The Morgan fingerprint density at radius 3 is 2.10 bits per heavy atom. The Hall–Kier alpha value is -2.01. The smallest absolute Gasteiger partial charge is 0.430 e. The minimum atomic E-state index is -5.77. The van der Waals surface area contributed by atoms with Crippen molar-refractivity contribution in [2.24, 2.45) is 5.92 Å². The molecule has 0 amide bonds. The molecule has 1 saturated carbocycles. The molecule has 0 saturated heterocycles. The van der Waals surface area contributed by atoms with E-state index in [2.05, 4.69) is 4.74 Å². The summed E-state index contributed by atoms with van der Waals surface area (Å²) in [6, 6.07) is 3.85. The van der Waals surface area contributed by atoms with Gasteiger partial charge in [0.25, 0.3) is 6.17 Å². The molecule has 0 spiro atoms. The number of alkyl halides is 6. The molecule has 5 nitrogen and oxygen atoms in total. The number of methoxy groups -OCH3 is 1. The first-order chi connectivity index (χ1) is 13.5. The Balaban J connectivity index is 1.87. The third-order valence-electron chi connectivity index (χ3n) is 4.31. The van der Waals surface area contributed by atoms with Gasteiger partial charge in [-0.05, 0) is 49.9 Å². The molecular formula is C18H20F6O5. The van der Waals surface area contributed by atoms with E-state index < -0.39 is 30.2 Å². The summed E-state index contributed by atoms with van der Waals surface area (Å²) in [7, 11) is 1.51. The third-order valence-corrected chi connectivity index (χ3v) is 4.31. The number of benzene rings is 1. The lowest BCUT2D eigenvalue weighted by atomic mass is 9.87. The number of carbonyl (C=O) groups excluding carboxylic acids is 1. The number of halogens is 6. The van der Waals surface area contributed by atoms with E-state index in [0.29, 0.717) is 25.7 Å². The molecule has 1 fully saturated rings. The van der Waals surface area contributed by atoms with Gasteiger partial charge in [-0.3, -0.25) is 4.79 Å².